The molecular formula is C18H18N2S. The van der Waals surface area contributed by atoms with E-state index in [1.165, 1.54) is 39.7 Å². The van der Waals surface area contributed by atoms with Crippen LogP contribution in [0.25, 0.3) is 21.3 Å². The molecule has 1 N–H and O–H groups in total. The fraction of sp³-hybridized carbons (Fsp3) is 0.278. The van der Waals surface area contributed by atoms with Crippen molar-refractivity contribution in [2.24, 2.45) is 0 Å². The van der Waals surface area contributed by atoms with Crippen molar-refractivity contribution in [3.63, 3.8) is 0 Å². The van der Waals surface area contributed by atoms with Crippen LogP contribution in [0, 0.1) is 0 Å². The van der Waals surface area contributed by atoms with Gasteiger partial charge in [0.25, 0.3) is 0 Å². The van der Waals surface area contributed by atoms with Crippen molar-refractivity contribution in [3.05, 3.63) is 53.0 Å². The van der Waals surface area contributed by atoms with Crippen LogP contribution in [0.1, 0.15) is 29.5 Å². The van der Waals surface area contributed by atoms with Gasteiger partial charge < -0.3 is 5.32 Å². The lowest BCUT2D eigenvalue weighted by Crippen LogP contribution is -2.19. The van der Waals surface area contributed by atoms with E-state index >= 15 is 0 Å². The zero-order valence-electron chi connectivity index (χ0n) is 12.1. The number of nitrogens with one attached hydrogen (secondary N) is 1. The monoisotopic (exact) mass is 294 g/mol. The van der Waals surface area contributed by atoms with Gasteiger partial charge in [-0.1, -0.05) is 36.4 Å². The Morgan fingerprint density at radius 3 is 2.86 bits per heavy atom. The topological polar surface area (TPSA) is 24.9 Å². The Balaban J connectivity index is 1.80. The Bertz CT molecular complexity index is 791. The van der Waals surface area contributed by atoms with Gasteiger partial charge in [-0.2, -0.15) is 0 Å². The fourth-order valence-electron chi connectivity index (χ4n) is 3.14. The maximum atomic E-state index is 4.90. The first-order valence-electron chi connectivity index (χ1n) is 7.51. The number of fused-ring (bicyclic) bond motifs is 2. The second-order valence-electron chi connectivity index (χ2n) is 5.63. The average Bonchev–Trinajstić information content (AvgIpc) is 2.98. The molecule has 1 aromatic heterocycles. The zero-order valence-corrected chi connectivity index (χ0v) is 12.9. The molecule has 1 atom stereocenters. The highest BCUT2D eigenvalue weighted by atomic mass is 32.1. The summed E-state index contributed by atoms with van der Waals surface area (Å²) >= 11 is 1.86. The summed E-state index contributed by atoms with van der Waals surface area (Å²) in [6.07, 6.45) is 3.58. The number of aromatic nitrogens is 1. The van der Waals surface area contributed by atoms with Crippen LogP contribution in [-0.2, 0) is 6.42 Å². The summed E-state index contributed by atoms with van der Waals surface area (Å²) in [6.45, 7) is 0. The molecule has 0 saturated heterocycles. The summed E-state index contributed by atoms with van der Waals surface area (Å²) in [5.74, 6) is 0. The van der Waals surface area contributed by atoms with Gasteiger partial charge >= 0.3 is 0 Å². The van der Waals surface area contributed by atoms with E-state index in [4.69, 9.17) is 4.98 Å². The standard InChI is InChI=1S/C18H18N2S/c1-19-15-7-4-8-16-17(15)21-18(20-16)14-10-9-12-5-2-3-6-13(12)11-14/h2-3,5-6,9-11,15,19H,4,7-8H2,1H3. The predicted molar refractivity (Wildman–Crippen MR) is 89.8 cm³/mol. The average molecular weight is 294 g/mol. The molecule has 3 aromatic rings. The largest absolute Gasteiger partial charge is 0.312 e. The van der Waals surface area contributed by atoms with Gasteiger partial charge in [-0.05, 0) is 43.1 Å². The van der Waals surface area contributed by atoms with Crippen molar-refractivity contribution in [1.82, 2.24) is 10.3 Å². The third-order valence-corrected chi connectivity index (χ3v) is 5.56. The third-order valence-electron chi connectivity index (χ3n) is 4.30. The van der Waals surface area contributed by atoms with Crippen LogP contribution >= 0.6 is 11.3 Å². The molecule has 106 valence electrons. The molecule has 0 fully saturated rings. The third kappa shape index (κ3) is 2.27. The minimum atomic E-state index is 0.487. The van der Waals surface area contributed by atoms with Gasteiger partial charge in [0.15, 0.2) is 0 Å². The first-order valence-corrected chi connectivity index (χ1v) is 8.33. The number of aryl methyl sites for hydroxylation is 1. The van der Waals surface area contributed by atoms with Gasteiger partial charge in [-0.25, -0.2) is 4.98 Å². The molecule has 0 amide bonds. The highest BCUT2D eigenvalue weighted by molar-refractivity contribution is 7.15. The zero-order chi connectivity index (χ0) is 14.2. The Kier molecular flexibility index (Phi) is 3.24. The maximum absolute atomic E-state index is 4.90. The minimum Gasteiger partial charge on any atom is -0.312 e. The normalized spacial score (nSPS) is 17.9. The molecular weight excluding hydrogens is 276 g/mol. The maximum Gasteiger partial charge on any atom is 0.123 e. The summed E-state index contributed by atoms with van der Waals surface area (Å²) < 4.78 is 0. The first kappa shape index (κ1) is 13.0. The molecule has 4 rings (SSSR count). The summed E-state index contributed by atoms with van der Waals surface area (Å²) in [5, 5.41) is 7.16. The van der Waals surface area contributed by atoms with Gasteiger partial charge in [0.1, 0.15) is 5.01 Å². The molecule has 2 aromatic carbocycles. The number of hydrogen-bond acceptors (Lipinski definition) is 3. The number of rotatable bonds is 2. The Hall–Kier alpha value is -1.71. The van der Waals surface area contributed by atoms with Crippen LogP contribution in [0.4, 0.5) is 0 Å². The molecule has 0 aliphatic heterocycles. The number of thiazole rings is 1. The Labute approximate surface area is 128 Å². The SMILES string of the molecule is CNC1CCCc2nc(-c3ccc4ccccc4c3)sc21. The van der Waals surface area contributed by atoms with Crippen LogP contribution in [0.2, 0.25) is 0 Å². The van der Waals surface area contributed by atoms with E-state index in [2.05, 4.69) is 54.8 Å². The van der Waals surface area contributed by atoms with Crippen LogP contribution in [0.3, 0.4) is 0 Å². The van der Waals surface area contributed by atoms with Crippen molar-refractivity contribution < 1.29 is 0 Å². The lowest BCUT2D eigenvalue weighted by molar-refractivity contribution is 0.501. The van der Waals surface area contributed by atoms with Crippen LogP contribution < -0.4 is 5.32 Å². The summed E-state index contributed by atoms with van der Waals surface area (Å²) in [7, 11) is 2.05. The molecule has 0 spiro atoms. The van der Waals surface area contributed by atoms with E-state index in [0.29, 0.717) is 6.04 Å². The molecule has 1 aliphatic carbocycles. The van der Waals surface area contributed by atoms with Crippen molar-refractivity contribution in [2.45, 2.75) is 25.3 Å². The number of nitrogens with zero attached hydrogens (tertiary/aromatic N) is 1. The molecule has 1 aliphatic rings. The van der Waals surface area contributed by atoms with Crippen molar-refractivity contribution in [1.29, 1.82) is 0 Å². The van der Waals surface area contributed by atoms with Gasteiger partial charge in [-0.15, -0.1) is 11.3 Å². The highest BCUT2D eigenvalue weighted by Crippen LogP contribution is 2.38. The second-order valence-corrected chi connectivity index (χ2v) is 6.66. The fourth-order valence-corrected chi connectivity index (χ4v) is 4.39. The number of hydrogen-bond donors (Lipinski definition) is 1. The van der Waals surface area contributed by atoms with Crippen LogP contribution in [-0.4, -0.2) is 12.0 Å². The summed E-state index contributed by atoms with van der Waals surface area (Å²) in [6, 6.07) is 15.6. The molecule has 1 heterocycles. The first-order chi connectivity index (χ1) is 10.3. The molecule has 1 unspecified atom stereocenters. The molecule has 0 saturated carbocycles. The Morgan fingerprint density at radius 2 is 2.00 bits per heavy atom. The van der Waals surface area contributed by atoms with E-state index in [0.717, 1.165) is 11.4 Å². The molecule has 3 heteroatoms. The van der Waals surface area contributed by atoms with Gasteiger partial charge in [0.05, 0.1) is 5.69 Å². The van der Waals surface area contributed by atoms with Crippen molar-refractivity contribution in [2.75, 3.05) is 7.05 Å². The van der Waals surface area contributed by atoms with Gasteiger partial charge in [0.2, 0.25) is 0 Å². The van der Waals surface area contributed by atoms with E-state index in [1.807, 2.05) is 11.3 Å². The quantitative estimate of drug-likeness (QED) is 0.749. The lowest BCUT2D eigenvalue weighted by Gasteiger charge is -2.19. The van der Waals surface area contributed by atoms with E-state index in [9.17, 15) is 0 Å². The second kappa shape index (κ2) is 5.24. The molecule has 0 radical (unpaired) electrons. The Morgan fingerprint density at radius 1 is 1.14 bits per heavy atom. The van der Waals surface area contributed by atoms with Gasteiger partial charge in [-0.3, -0.25) is 0 Å². The molecule has 0 bridgehead atoms. The van der Waals surface area contributed by atoms with E-state index in [1.54, 1.807) is 0 Å². The summed E-state index contributed by atoms with van der Waals surface area (Å²) in [4.78, 5) is 6.34. The van der Waals surface area contributed by atoms with E-state index in [-0.39, 0.29) is 0 Å². The lowest BCUT2D eigenvalue weighted by atomic mass is 9.98. The minimum absolute atomic E-state index is 0.487. The van der Waals surface area contributed by atoms with E-state index < -0.39 is 0 Å². The molecule has 2 nitrogen and oxygen atoms in total. The van der Waals surface area contributed by atoms with Crippen molar-refractivity contribution >= 4 is 22.1 Å². The number of benzene rings is 2. The van der Waals surface area contributed by atoms with Gasteiger partial charge in [0, 0.05) is 16.5 Å². The van der Waals surface area contributed by atoms with Crippen LogP contribution in [0.15, 0.2) is 42.5 Å². The van der Waals surface area contributed by atoms with Crippen LogP contribution in [0.5, 0.6) is 0 Å². The van der Waals surface area contributed by atoms with Crippen molar-refractivity contribution in [3.8, 4) is 10.6 Å². The predicted octanol–water partition coefficient (Wildman–Crippen LogP) is 4.56. The summed E-state index contributed by atoms with van der Waals surface area (Å²) in [5.41, 5.74) is 2.54. The molecule has 21 heavy (non-hydrogen) atoms. The highest BCUT2D eigenvalue weighted by Gasteiger charge is 2.23. The smallest absolute Gasteiger partial charge is 0.123 e.